The van der Waals surface area contributed by atoms with Crippen molar-refractivity contribution in [1.29, 1.82) is 0 Å². The van der Waals surface area contributed by atoms with E-state index in [1.165, 1.54) is 38.8 Å². The molecular weight excluding hydrogens is 210 g/mol. The number of hydrogen-bond acceptors (Lipinski definition) is 1. The Morgan fingerprint density at radius 2 is 1.82 bits per heavy atom. The van der Waals surface area contributed by atoms with Gasteiger partial charge in [0, 0.05) is 26.7 Å². The van der Waals surface area contributed by atoms with Crippen molar-refractivity contribution in [3.63, 3.8) is 0 Å². The van der Waals surface area contributed by atoms with Gasteiger partial charge in [0.05, 0.1) is 0 Å². The zero-order valence-corrected chi connectivity index (χ0v) is 11.6. The molecule has 2 atom stereocenters. The summed E-state index contributed by atoms with van der Waals surface area (Å²) in [6.07, 6.45) is 5.74. The first-order chi connectivity index (χ1) is 8.20. The van der Waals surface area contributed by atoms with Gasteiger partial charge < -0.3 is 10.2 Å². The van der Waals surface area contributed by atoms with Gasteiger partial charge in [0.2, 0.25) is 0 Å². The summed E-state index contributed by atoms with van der Waals surface area (Å²) < 4.78 is 0. The Balaban J connectivity index is 1.88. The topological polar surface area (TPSA) is 27.6 Å². The fraction of sp³-hybridized carbons (Fsp3) is 0.929. The minimum Gasteiger partial charge on any atom is -0.356 e. The second-order valence-corrected chi connectivity index (χ2v) is 6.03. The number of guanidine groups is 1. The molecule has 1 saturated carbocycles. The van der Waals surface area contributed by atoms with E-state index in [-0.39, 0.29) is 0 Å². The highest BCUT2D eigenvalue weighted by atomic mass is 15.3. The molecule has 98 valence electrons. The van der Waals surface area contributed by atoms with Crippen LogP contribution in [0.4, 0.5) is 0 Å². The highest BCUT2D eigenvalue weighted by Gasteiger charge is 2.35. The maximum atomic E-state index is 4.43. The minimum atomic E-state index is 0.677. The number of aliphatic imine (C=N–C) groups is 1. The fourth-order valence-electron chi connectivity index (χ4n) is 3.21. The van der Waals surface area contributed by atoms with E-state index in [4.69, 9.17) is 0 Å². The molecule has 2 aliphatic rings. The molecular formula is C14H27N3. The largest absolute Gasteiger partial charge is 0.356 e. The van der Waals surface area contributed by atoms with Crippen LogP contribution >= 0.6 is 0 Å². The molecule has 0 spiro atoms. The predicted octanol–water partition coefficient (Wildman–Crippen LogP) is 2.34. The number of fused-ring (bicyclic) bond motifs is 1. The van der Waals surface area contributed by atoms with E-state index in [2.05, 4.69) is 29.1 Å². The van der Waals surface area contributed by atoms with Crippen molar-refractivity contribution in [3.8, 4) is 0 Å². The van der Waals surface area contributed by atoms with Crippen LogP contribution in [0.25, 0.3) is 0 Å². The summed E-state index contributed by atoms with van der Waals surface area (Å²) in [6.45, 7) is 7.96. The monoisotopic (exact) mass is 237 g/mol. The third-order valence-electron chi connectivity index (χ3n) is 4.16. The highest BCUT2D eigenvalue weighted by molar-refractivity contribution is 5.80. The summed E-state index contributed by atoms with van der Waals surface area (Å²) in [5.74, 6) is 3.66. The molecule has 2 rings (SSSR count). The van der Waals surface area contributed by atoms with Gasteiger partial charge in [0.25, 0.3) is 0 Å². The third kappa shape index (κ3) is 3.14. The number of hydrogen-bond donors (Lipinski definition) is 1. The van der Waals surface area contributed by atoms with E-state index < -0.39 is 0 Å². The molecule has 1 saturated heterocycles. The summed E-state index contributed by atoms with van der Waals surface area (Å²) in [5.41, 5.74) is 0. The number of likely N-dealkylation sites (tertiary alicyclic amines) is 1. The Morgan fingerprint density at radius 3 is 2.29 bits per heavy atom. The Labute approximate surface area is 106 Å². The molecule has 1 aliphatic carbocycles. The summed E-state index contributed by atoms with van der Waals surface area (Å²) in [6, 6.07) is 0. The molecule has 2 fully saturated rings. The van der Waals surface area contributed by atoms with Gasteiger partial charge in [-0.15, -0.1) is 0 Å². The van der Waals surface area contributed by atoms with Crippen LogP contribution in [0.15, 0.2) is 4.99 Å². The first-order valence-electron chi connectivity index (χ1n) is 7.16. The Bertz CT molecular complexity index is 259. The maximum Gasteiger partial charge on any atom is 0.193 e. The van der Waals surface area contributed by atoms with Gasteiger partial charge in [-0.2, -0.15) is 0 Å². The smallest absolute Gasteiger partial charge is 0.193 e. The molecule has 0 aromatic heterocycles. The third-order valence-corrected chi connectivity index (χ3v) is 4.16. The average molecular weight is 237 g/mol. The van der Waals surface area contributed by atoms with E-state index in [0.29, 0.717) is 5.92 Å². The maximum absolute atomic E-state index is 4.43. The molecule has 1 aliphatic heterocycles. The number of nitrogens with one attached hydrogen (secondary N) is 1. The van der Waals surface area contributed by atoms with E-state index in [9.17, 15) is 0 Å². The van der Waals surface area contributed by atoms with Crippen molar-refractivity contribution >= 4 is 5.96 Å². The summed E-state index contributed by atoms with van der Waals surface area (Å²) in [5, 5.41) is 3.50. The van der Waals surface area contributed by atoms with Gasteiger partial charge >= 0.3 is 0 Å². The Hall–Kier alpha value is -0.730. The van der Waals surface area contributed by atoms with Crippen LogP contribution in [0.2, 0.25) is 0 Å². The van der Waals surface area contributed by atoms with Crippen LogP contribution in [-0.2, 0) is 0 Å². The van der Waals surface area contributed by atoms with E-state index in [1.807, 2.05) is 7.05 Å². The van der Waals surface area contributed by atoms with Crippen LogP contribution < -0.4 is 5.32 Å². The Morgan fingerprint density at radius 1 is 1.24 bits per heavy atom. The van der Waals surface area contributed by atoms with Crippen molar-refractivity contribution in [3.05, 3.63) is 0 Å². The highest BCUT2D eigenvalue weighted by Crippen LogP contribution is 2.35. The van der Waals surface area contributed by atoms with E-state index in [1.54, 1.807) is 0 Å². The summed E-state index contributed by atoms with van der Waals surface area (Å²) >= 11 is 0. The van der Waals surface area contributed by atoms with E-state index in [0.717, 1.165) is 24.3 Å². The quantitative estimate of drug-likeness (QED) is 0.590. The molecule has 2 unspecified atom stereocenters. The van der Waals surface area contributed by atoms with Gasteiger partial charge in [-0.3, -0.25) is 4.99 Å². The lowest BCUT2D eigenvalue weighted by molar-refractivity contribution is 0.299. The van der Waals surface area contributed by atoms with Crippen LogP contribution in [-0.4, -0.2) is 37.5 Å². The predicted molar refractivity (Wildman–Crippen MR) is 73.2 cm³/mol. The normalized spacial score (nSPS) is 29.6. The molecule has 3 nitrogen and oxygen atoms in total. The van der Waals surface area contributed by atoms with Crippen LogP contribution in [0, 0.1) is 17.8 Å². The van der Waals surface area contributed by atoms with Gasteiger partial charge in [0.1, 0.15) is 0 Å². The zero-order valence-electron chi connectivity index (χ0n) is 11.6. The van der Waals surface area contributed by atoms with Crippen molar-refractivity contribution in [2.75, 3.05) is 26.7 Å². The molecule has 0 bridgehead atoms. The van der Waals surface area contributed by atoms with Crippen LogP contribution in [0.1, 0.15) is 39.5 Å². The molecule has 0 amide bonds. The molecule has 3 heteroatoms. The van der Waals surface area contributed by atoms with Crippen molar-refractivity contribution in [2.45, 2.75) is 39.5 Å². The molecule has 1 heterocycles. The lowest BCUT2D eigenvalue weighted by Crippen LogP contribution is -2.41. The Kier molecular flexibility index (Phi) is 4.30. The zero-order chi connectivity index (χ0) is 12.3. The van der Waals surface area contributed by atoms with E-state index >= 15 is 0 Å². The average Bonchev–Trinajstić information content (AvgIpc) is 2.72. The number of nitrogens with zero attached hydrogens (tertiary/aromatic N) is 2. The van der Waals surface area contributed by atoms with Crippen molar-refractivity contribution in [2.24, 2.45) is 22.7 Å². The van der Waals surface area contributed by atoms with Crippen LogP contribution in [0.5, 0.6) is 0 Å². The molecule has 0 radical (unpaired) electrons. The lowest BCUT2D eigenvalue weighted by atomic mass is 9.82. The van der Waals surface area contributed by atoms with Gasteiger partial charge in [0.15, 0.2) is 5.96 Å². The van der Waals surface area contributed by atoms with Gasteiger partial charge in [-0.05, 0) is 30.6 Å². The fourth-order valence-corrected chi connectivity index (χ4v) is 3.21. The first kappa shape index (κ1) is 12.7. The standard InChI is InChI=1S/C14H27N3/c1-11(2)8-16-14(15-3)17-9-12-6-4-5-7-13(12)10-17/h11-13H,4-10H2,1-3H3,(H,15,16). The first-order valence-corrected chi connectivity index (χ1v) is 7.16. The lowest BCUT2D eigenvalue weighted by Gasteiger charge is -2.22. The molecule has 0 aromatic rings. The summed E-state index contributed by atoms with van der Waals surface area (Å²) in [4.78, 5) is 6.91. The minimum absolute atomic E-state index is 0.677. The second-order valence-electron chi connectivity index (χ2n) is 6.03. The molecule has 0 aromatic carbocycles. The second kappa shape index (κ2) is 5.74. The number of rotatable bonds is 2. The van der Waals surface area contributed by atoms with Crippen molar-refractivity contribution in [1.82, 2.24) is 10.2 Å². The van der Waals surface area contributed by atoms with Gasteiger partial charge in [-0.1, -0.05) is 26.7 Å². The van der Waals surface area contributed by atoms with Gasteiger partial charge in [-0.25, -0.2) is 0 Å². The SMILES string of the molecule is CN=C(NCC(C)C)N1CC2CCCCC2C1. The summed E-state index contributed by atoms with van der Waals surface area (Å²) in [7, 11) is 1.91. The van der Waals surface area contributed by atoms with Crippen LogP contribution in [0.3, 0.4) is 0 Å². The molecule has 17 heavy (non-hydrogen) atoms. The van der Waals surface area contributed by atoms with Crippen molar-refractivity contribution < 1.29 is 0 Å². The molecule has 1 N–H and O–H groups in total.